The van der Waals surface area contributed by atoms with Crippen LogP contribution in [0.3, 0.4) is 0 Å². The number of piperidine rings is 1. The predicted molar refractivity (Wildman–Crippen MR) is 90.7 cm³/mol. The first-order valence-corrected chi connectivity index (χ1v) is 8.74. The lowest BCUT2D eigenvalue weighted by molar-refractivity contribution is 0.0569. The number of aromatic nitrogens is 2. The van der Waals surface area contributed by atoms with E-state index in [0.29, 0.717) is 17.7 Å². The molecule has 2 heterocycles. The second-order valence-corrected chi connectivity index (χ2v) is 7.32. The summed E-state index contributed by atoms with van der Waals surface area (Å²) < 4.78 is 0. The minimum Gasteiger partial charge on any atom is -0.333 e. The molecule has 0 radical (unpaired) electrons. The molecule has 1 aromatic rings. The van der Waals surface area contributed by atoms with Crippen LogP contribution in [-0.4, -0.2) is 84.2 Å². The van der Waals surface area contributed by atoms with Crippen molar-refractivity contribution in [2.45, 2.75) is 37.6 Å². The third-order valence-electron chi connectivity index (χ3n) is 5.01. The topological polar surface area (TPSA) is 55.5 Å². The van der Waals surface area contributed by atoms with Crippen molar-refractivity contribution in [1.29, 1.82) is 0 Å². The van der Waals surface area contributed by atoms with Crippen molar-refractivity contribution in [2.24, 2.45) is 0 Å². The van der Waals surface area contributed by atoms with Crippen molar-refractivity contribution in [3.8, 4) is 0 Å². The lowest BCUT2D eigenvalue weighted by atomic mass is 10.0. The molecule has 1 saturated heterocycles. The quantitative estimate of drug-likeness (QED) is 0.861. The molecule has 0 bridgehead atoms. The maximum absolute atomic E-state index is 13.0. The third-order valence-corrected chi connectivity index (χ3v) is 5.01. The van der Waals surface area contributed by atoms with Gasteiger partial charge in [0.2, 0.25) is 0 Å². The van der Waals surface area contributed by atoms with Crippen LogP contribution in [0.4, 0.5) is 0 Å². The Morgan fingerprint density at radius 3 is 2.57 bits per heavy atom. The molecule has 1 aliphatic carbocycles. The van der Waals surface area contributed by atoms with E-state index in [1.807, 2.05) is 6.07 Å². The number of carbonyl (C=O) groups is 1. The number of hydrogen-bond acceptors (Lipinski definition) is 4. The van der Waals surface area contributed by atoms with Crippen LogP contribution >= 0.6 is 0 Å². The molecule has 0 unspecified atom stereocenters. The number of likely N-dealkylation sites (tertiary alicyclic amines) is 1. The average Bonchev–Trinajstić information content (AvgIpc) is 3.26. The standard InChI is InChI=1S/C17H29N5O/c1-20(2)10-11-22(14-6-8-21(3)9-7-14)17(23)16-12-15(18-19-16)13-4-5-13/h12-14H,4-11H2,1-3H3,(H,18,19). The zero-order chi connectivity index (χ0) is 16.4. The number of likely N-dealkylation sites (N-methyl/N-ethyl adjacent to an activating group) is 1. The van der Waals surface area contributed by atoms with Gasteiger partial charge in [-0.05, 0) is 66.0 Å². The summed E-state index contributed by atoms with van der Waals surface area (Å²) in [4.78, 5) is 19.5. The maximum Gasteiger partial charge on any atom is 0.274 e. The summed E-state index contributed by atoms with van der Waals surface area (Å²) in [5, 5.41) is 7.36. The van der Waals surface area contributed by atoms with Gasteiger partial charge in [-0.3, -0.25) is 9.89 Å². The highest BCUT2D eigenvalue weighted by atomic mass is 16.2. The molecule has 2 aliphatic rings. The van der Waals surface area contributed by atoms with Crippen LogP contribution in [0.15, 0.2) is 6.07 Å². The summed E-state index contributed by atoms with van der Waals surface area (Å²) in [6.45, 7) is 3.78. The van der Waals surface area contributed by atoms with Crippen molar-refractivity contribution in [3.63, 3.8) is 0 Å². The Morgan fingerprint density at radius 1 is 1.26 bits per heavy atom. The van der Waals surface area contributed by atoms with Crippen molar-refractivity contribution in [3.05, 3.63) is 17.5 Å². The van der Waals surface area contributed by atoms with Crippen LogP contribution in [0.25, 0.3) is 0 Å². The van der Waals surface area contributed by atoms with Crippen LogP contribution in [-0.2, 0) is 0 Å². The van der Waals surface area contributed by atoms with Crippen molar-refractivity contribution >= 4 is 5.91 Å². The molecule has 1 amide bonds. The number of aromatic amines is 1. The fourth-order valence-electron chi connectivity index (χ4n) is 3.26. The zero-order valence-corrected chi connectivity index (χ0v) is 14.6. The average molecular weight is 319 g/mol. The van der Waals surface area contributed by atoms with E-state index in [-0.39, 0.29) is 5.91 Å². The van der Waals surface area contributed by atoms with E-state index in [9.17, 15) is 4.79 Å². The van der Waals surface area contributed by atoms with E-state index in [2.05, 4.69) is 46.0 Å². The number of carbonyl (C=O) groups excluding carboxylic acids is 1. The highest BCUT2D eigenvalue weighted by molar-refractivity contribution is 5.92. The number of nitrogens with zero attached hydrogens (tertiary/aromatic N) is 4. The Kier molecular flexibility index (Phi) is 5.02. The highest BCUT2D eigenvalue weighted by Gasteiger charge is 2.31. The minimum atomic E-state index is 0.0875. The smallest absolute Gasteiger partial charge is 0.274 e. The van der Waals surface area contributed by atoms with E-state index in [1.165, 1.54) is 12.8 Å². The van der Waals surface area contributed by atoms with E-state index < -0.39 is 0 Å². The highest BCUT2D eigenvalue weighted by Crippen LogP contribution is 2.39. The summed E-state index contributed by atoms with van der Waals surface area (Å²) in [5.41, 5.74) is 1.72. The molecule has 1 aromatic heterocycles. The van der Waals surface area contributed by atoms with Crippen LogP contribution < -0.4 is 0 Å². The van der Waals surface area contributed by atoms with E-state index in [4.69, 9.17) is 0 Å². The first-order chi connectivity index (χ1) is 11.0. The maximum atomic E-state index is 13.0. The van der Waals surface area contributed by atoms with Crippen molar-refractivity contribution in [1.82, 2.24) is 24.9 Å². The van der Waals surface area contributed by atoms with Crippen LogP contribution in [0.1, 0.15) is 47.8 Å². The van der Waals surface area contributed by atoms with Crippen LogP contribution in [0, 0.1) is 0 Å². The van der Waals surface area contributed by atoms with Gasteiger partial charge < -0.3 is 14.7 Å². The number of rotatable bonds is 6. The minimum absolute atomic E-state index is 0.0875. The summed E-state index contributed by atoms with van der Waals surface area (Å²) >= 11 is 0. The summed E-state index contributed by atoms with van der Waals surface area (Å²) in [5.74, 6) is 0.687. The first kappa shape index (κ1) is 16.5. The third kappa shape index (κ3) is 4.12. The Hall–Kier alpha value is -1.40. The molecule has 128 valence electrons. The van der Waals surface area contributed by atoms with Gasteiger partial charge in [0.05, 0.1) is 0 Å². The number of hydrogen-bond donors (Lipinski definition) is 1. The van der Waals surface area contributed by atoms with Gasteiger partial charge in [0.1, 0.15) is 5.69 Å². The fourth-order valence-corrected chi connectivity index (χ4v) is 3.26. The molecular formula is C17H29N5O. The van der Waals surface area contributed by atoms with Crippen LogP contribution in [0.2, 0.25) is 0 Å². The lowest BCUT2D eigenvalue weighted by Gasteiger charge is -2.37. The Bertz CT molecular complexity index is 529. The van der Waals surface area contributed by atoms with E-state index >= 15 is 0 Å². The second-order valence-electron chi connectivity index (χ2n) is 7.32. The van der Waals surface area contributed by atoms with Crippen molar-refractivity contribution in [2.75, 3.05) is 47.3 Å². The van der Waals surface area contributed by atoms with Gasteiger partial charge in [-0.15, -0.1) is 0 Å². The van der Waals surface area contributed by atoms with Gasteiger partial charge in [0, 0.05) is 30.7 Å². The van der Waals surface area contributed by atoms with E-state index in [0.717, 1.165) is 44.7 Å². The Balaban J connectivity index is 1.71. The molecule has 2 fully saturated rings. The van der Waals surface area contributed by atoms with Gasteiger partial charge >= 0.3 is 0 Å². The van der Waals surface area contributed by atoms with Crippen LogP contribution in [0.5, 0.6) is 0 Å². The molecule has 6 nitrogen and oxygen atoms in total. The zero-order valence-electron chi connectivity index (χ0n) is 14.6. The van der Waals surface area contributed by atoms with E-state index in [1.54, 1.807) is 0 Å². The largest absolute Gasteiger partial charge is 0.333 e. The number of nitrogens with one attached hydrogen (secondary N) is 1. The molecule has 23 heavy (non-hydrogen) atoms. The SMILES string of the molecule is CN(C)CCN(C(=O)c1cc(C2CC2)[nH]n1)C1CCN(C)CC1. The van der Waals surface area contributed by atoms with Gasteiger partial charge in [0.15, 0.2) is 0 Å². The molecule has 1 saturated carbocycles. The summed E-state index contributed by atoms with van der Waals surface area (Å²) in [6, 6.07) is 2.30. The monoisotopic (exact) mass is 319 g/mol. The molecule has 0 aromatic carbocycles. The van der Waals surface area contributed by atoms with Gasteiger partial charge in [0.25, 0.3) is 5.91 Å². The Morgan fingerprint density at radius 2 is 1.96 bits per heavy atom. The normalized spacial score (nSPS) is 20.2. The number of H-pyrrole nitrogens is 1. The Labute approximate surface area is 138 Å². The molecule has 1 aliphatic heterocycles. The molecule has 3 rings (SSSR count). The van der Waals surface area contributed by atoms with Gasteiger partial charge in [-0.1, -0.05) is 0 Å². The summed E-state index contributed by atoms with van der Waals surface area (Å²) in [6.07, 6.45) is 4.54. The van der Waals surface area contributed by atoms with Gasteiger partial charge in [-0.2, -0.15) is 5.10 Å². The fraction of sp³-hybridized carbons (Fsp3) is 0.765. The summed E-state index contributed by atoms with van der Waals surface area (Å²) in [7, 11) is 6.26. The first-order valence-electron chi connectivity index (χ1n) is 8.74. The molecule has 1 N–H and O–H groups in total. The number of amides is 1. The second kappa shape index (κ2) is 7.01. The molecular weight excluding hydrogens is 290 g/mol. The molecule has 0 spiro atoms. The molecule has 0 atom stereocenters. The van der Waals surface area contributed by atoms with Gasteiger partial charge in [-0.25, -0.2) is 0 Å². The van der Waals surface area contributed by atoms with Crippen molar-refractivity contribution < 1.29 is 4.79 Å². The predicted octanol–water partition coefficient (Wildman–Crippen LogP) is 1.39. The molecule has 6 heteroatoms. The lowest BCUT2D eigenvalue weighted by Crippen LogP contribution is -2.48.